The molecule has 0 saturated heterocycles. The largest absolute Gasteiger partial charge is 0.382 e. The van der Waals surface area contributed by atoms with Gasteiger partial charge in [0.05, 0.1) is 5.57 Å². The second-order valence-electron chi connectivity index (χ2n) is 4.77. The Morgan fingerprint density at radius 1 is 1.42 bits per heavy atom. The Balaban J connectivity index is 2.31. The molecule has 0 radical (unpaired) electrons. The van der Waals surface area contributed by atoms with Crippen LogP contribution in [0.4, 0.5) is 0 Å². The summed E-state index contributed by atoms with van der Waals surface area (Å²) in [6.07, 6.45) is 3.76. The predicted molar refractivity (Wildman–Crippen MR) is 79.3 cm³/mol. The van der Waals surface area contributed by atoms with Crippen LogP contribution >= 0.6 is 0 Å². The maximum absolute atomic E-state index is 9.22. The fourth-order valence-corrected chi connectivity index (χ4v) is 1.94. The van der Waals surface area contributed by atoms with E-state index in [0.29, 0.717) is 11.3 Å². The lowest BCUT2D eigenvalue weighted by Gasteiger charge is -2.11. The molecule has 0 amide bonds. The van der Waals surface area contributed by atoms with E-state index in [9.17, 15) is 5.26 Å². The highest BCUT2D eigenvalue weighted by Crippen LogP contribution is 2.18. The van der Waals surface area contributed by atoms with E-state index in [1.807, 2.05) is 50.4 Å². The SMILES string of the molecule is C=C(NC(C)C)/C(C#N)=C\c1ccc2[nH]ccc2c1. The van der Waals surface area contributed by atoms with Gasteiger partial charge in [0.1, 0.15) is 6.07 Å². The van der Waals surface area contributed by atoms with Crippen molar-refractivity contribution < 1.29 is 0 Å². The van der Waals surface area contributed by atoms with Crippen molar-refractivity contribution in [2.24, 2.45) is 0 Å². The minimum absolute atomic E-state index is 0.261. The molecule has 2 aromatic rings. The van der Waals surface area contributed by atoms with Crippen molar-refractivity contribution in [3.8, 4) is 6.07 Å². The van der Waals surface area contributed by atoms with Gasteiger partial charge in [0.15, 0.2) is 0 Å². The third-order valence-corrected chi connectivity index (χ3v) is 2.80. The summed E-state index contributed by atoms with van der Waals surface area (Å²) in [6.45, 7) is 7.95. The van der Waals surface area contributed by atoms with Gasteiger partial charge < -0.3 is 10.3 Å². The second kappa shape index (κ2) is 5.45. The van der Waals surface area contributed by atoms with Gasteiger partial charge in [-0.05, 0) is 49.1 Å². The van der Waals surface area contributed by atoms with E-state index in [1.165, 1.54) is 0 Å². The van der Waals surface area contributed by atoms with Crippen molar-refractivity contribution in [2.75, 3.05) is 0 Å². The summed E-state index contributed by atoms with van der Waals surface area (Å²) in [4.78, 5) is 3.15. The van der Waals surface area contributed by atoms with Crippen molar-refractivity contribution in [1.82, 2.24) is 10.3 Å². The fraction of sp³-hybridized carbons (Fsp3) is 0.188. The Bertz CT molecular complexity index is 669. The van der Waals surface area contributed by atoms with Crippen LogP contribution in [0, 0.1) is 11.3 Å². The molecule has 3 nitrogen and oxygen atoms in total. The van der Waals surface area contributed by atoms with Crippen molar-refractivity contribution in [3.05, 3.63) is 53.9 Å². The van der Waals surface area contributed by atoms with Crippen LogP contribution in [-0.2, 0) is 0 Å². The minimum atomic E-state index is 0.261. The Morgan fingerprint density at radius 2 is 2.21 bits per heavy atom. The number of aromatic nitrogens is 1. The molecule has 1 heterocycles. The van der Waals surface area contributed by atoms with E-state index in [1.54, 1.807) is 0 Å². The Morgan fingerprint density at radius 3 is 2.89 bits per heavy atom. The summed E-state index contributed by atoms with van der Waals surface area (Å²) in [6, 6.07) is 10.5. The van der Waals surface area contributed by atoms with E-state index < -0.39 is 0 Å². The maximum Gasteiger partial charge on any atom is 0.101 e. The zero-order chi connectivity index (χ0) is 13.8. The second-order valence-corrected chi connectivity index (χ2v) is 4.77. The van der Waals surface area contributed by atoms with E-state index in [0.717, 1.165) is 16.5 Å². The Kier molecular flexibility index (Phi) is 3.72. The molecule has 0 aliphatic rings. The van der Waals surface area contributed by atoms with E-state index in [-0.39, 0.29) is 6.04 Å². The number of fused-ring (bicyclic) bond motifs is 1. The van der Waals surface area contributed by atoms with Crippen LogP contribution in [0.15, 0.2) is 48.3 Å². The van der Waals surface area contributed by atoms with E-state index >= 15 is 0 Å². The van der Waals surface area contributed by atoms with Crippen LogP contribution in [-0.4, -0.2) is 11.0 Å². The van der Waals surface area contributed by atoms with Gasteiger partial charge in [-0.3, -0.25) is 0 Å². The highest BCUT2D eigenvalue weighted by molar-refractivity contribution is 5.82. The van der Waals surface area contributed by atoms with Gasteiger partial charge in [-0.15, -0.1) is 0 Å². The molecular formula is C16H17N3. The molecule has 2 N–H and O–H groups in total. The third kappa shape index (κ3) is 3.05. The quantitative estimate of drug-likeness (QED) is 0.644. The predicted octanol–water partition coefficient (Wildman–Crippen LogP) is 3.59. The van der Waals surface area contributed by atoms with Gasteiger partial charge in [-0.2, -0.15) is 5.26 Å². The molecule has 0 bridgehead atoms. The van der Waals surface area contributed by atoms with Gasteiger partial charge in [0, 0.05) is 23.5 Å². The number of nitriles is 1. The third-order valence-electron chi connectivity index (χ3n) is 2.80. The summed E-state index contributed by atoms with van der Waals surface area (Å²) in [5.41, 5.74) is 3.31. The van der Waals surface area contributed by atoms with Crippen LogP contribution in [0.2, 0.25) is 0 Å². The van der Waals surface area contributed by atoms with Crippen molar-refractivity contribution >= 4 is 17.0 Å². The summed E-state index contributed by atoms with van der Waals surface area (Å²) in [5.74, 6) is 0. The molecule has 19 heavy (non-hydrogen) atoms. The molecule has 0 spiro atoms. The first-order valence-corrected chi connectivity index (χ1v) is 6.25. The van der Waals surface area contributed by atoms with Crippen molar-refractivity contribution in [2.45, 2.75) is 19.9 Å². The molecular weight excluding hydrogens is 234 g/mol. The van der Waals surface area contributed by atoms with Crippen molar-refractivity contribution in [3.63, 3.8) is 0 Å². The number of benzene rings is 1. The molecule has 0 unspecified atom stereocenters. The molecule has 0 aliphatic heterocycles. The van der Waals surface area contributed by atoms with Crippen LogP contribution < -0.4 is 5.32 Å². The highest BCUT2D eigenvalue weighted by atomic mass is 14.9. The number of rotatable bonds is 4. The summed E-state index contributed by atoms with van der Waals surface area (Å²) in [5, 5.41) is 13.5. The van der Waals surface area contributed by atoms with Crippen LogP contribution in [0.1, 0.15) is 19.4 Å². The normalized spacial score (nSPS) is 11.6. The topological polar surface area (TPSA) is 51.6 Å². The van der Waals surface area contributed by atoms with Gasteiger partial charge in [-0.1, -0.05) is 12.6 Å². The van der Waals surface area contributed by atoms with Crippen molar-refractivity contribution in [1.29, 1.82) is 5.26 Å². The number of hydrogen-bond acceptors (Lipinski definition) is 2. The van der Waals surface area contributed by atoms with Gasteiger partial charge in [-0.25, -0.2) is 0 Å². The fourth-order valence-electron chi connectivity index (χ4n) is 1.94. The standard InChI is InChI=1S/C16H17N3/c1-11(2)19-12(3)15(10-17)9-13-4-5-16-14(8-13)6-7-18-16/h4-9,11,18-19H,3H2,1-2H3/b15-9-. The molecule has 0 saturated carbocycles. The molecule has 0 fully saturated rings. The monoisotopic (exact) mass is 251 g/mol. The number of nitrogens with zero attached hydrogens (tertiary/aromatic N) is 1. The summed E-state index contributed by atoms with van der Waals surface area (Å²) >= 11 is 0. The molecule has 96 valence electrons. The first kappa shape index (κ1) is 13.0. The lowest BCUT2D eigenvalue weighted by atomic mass is 10.1. The average Bonchev–Trinajstić information content (AvgIpc) is 2.82. The Labute approximate surface area is 113 Å². The maximum atomic E-state index is 9.22. The lowest BCUT2D eigenvalue weighted by Crippen LogP contribution is -2.22. The van der Waals surface area contributed by atoms with E-state index in [4.69, 9.17) is 0 Å². The first-order valence-electron chi connectivity index (χ1n) is 6.25. The van der Waals surface area contributed by atoms with Crippen LogP contribution in [0.3, 0.4) is 0 Å². The molecule has 2 rings (SSSR count). The number of nitrogens with one attached hydrogen (secondary N) is 2. The number of hydrogen-bond donors (Lipinski definition) is 2. The number of allylic oxidation sites excluding steroid dienone is 1. The summed E-state index contributed by atoms with van der Waals surface area (Å²) < 4.78 is 0. The van der Waals surface area contributed by atoms with Crippen LogP contribution in [0.25, 0.3) is 17.0 Å². The highest BCUT2D eigenvalue weighted by Gasteiger charge is 2.04. The lowest BCUT2D eigenvalue weighted by molar-refractivity contribution is 0.680. The Hall–Kier alpha value is -2.47. The molecule has 0 atom stereocenters. The average molecular weight is 251 g/mol. The molecule has 1 aromatic carbocycles. The van der Waals surface area contributed by atoms with Gasteiger partial charge in [0.2, 0.25) is 0 Å². The molecule has 3 heteroatoms. The summed E-state index contributed by atoms with van der Waals surface area (Å²) in [7, 11) is 0. The number of H-pyrrole nitrogens is 1. The molecule has 0 aliphatic carbocycles. The first-order chi connectivity index (χ1) is 9.10. The van der Waals surface area contributed by atoms with Gasteiger partial charge >= 0.3 is 0 Å². The van der Waals surface area contributed by atoms with E-state index in [2.05, 4.69) is 22.9 Å². The zero-order valence-electron chi connectivity index (χ0n) is 11.2. The van der Waals surface area contributed by atoms with Gasteiger partial charge in [0.25, 0.3) is 0 Å². The zero-order valence-corrected chi connectivity index (χ0v) is 11.2. The van der Waals surface area contributed by atoms with Crippen LogP contribution in [0.5, 0.6) is 0 Å². The minimum Gasteiger partial charge on any atom is -0.382 e. The smallest absolute Gasteiger partial charge is 0.101 e. The molecule has 1 aromatic heterocycles. The number of aromatic amines is 1.